The van der Waals surface area contributed by atoms with Gasteiger partial charge in [-0.25, -0.2) is 0 Å². The molecule has 2 fully saturated rings. The highest BCUT2D eigenvalue weighted by Gasteiger charge is 2.27. The van der Waals surface area contributed by atoms with Gasteiger partial charge in [0, 0.05) is 11.3 Å². The maximum absolute atomic E-state index is 4.98. The summed E-state index contributed by atoms with van der Waals surface area (Å²) in [6.07, 6.45) is 5.22. The highest BCUT2D eigenvalue weighted by molar-refractivity contribution is 8.14. The molecular weight excluding hydrogens is 228 g/mol. The van der Waals surface area contributed by atoms with Crippen molar-refractivity contribution < 1.29 is 0 Å². The Labute approximate surface area is 110 Å². The molecule has 17 heavy (non-hydrogen) atoms. The highest BCUT2D eigenvalue weighted by Crippen LogP contribution is 2.32. The number of amidine groups is 1. The van der Waals surface area contributed by atoms with Crippen LogP contribution in [-0.2, 0) is 0 Å². The van der Waals surface area contributed by atoms with Crippen molar-refractivity contribution in [3.8, 4) is 0 Å². The Hall–Kier alpha value is -0.180. The van der Waals surface area contributed by atoms with Gasteiger partial charge in [0.1, 0.15) is 0 Å². The molecule has 1 N–H and O–H groups in total. The van der Waals surface area contributed by atoms with Crippen molar-refractivity contribution in [2.24, 2.45) is 16.8 Å². The summed E-state index contributed by atoms with van der Waals surface area (Å²) in [6.45, 7) is 9.31. The third kappa shape index (κ3) is 3.64. The fourth-order valence-electron chi connectivity index (χ4n) is 3.10. The van der Waals surface area contributed by atoms with E-state index in [-0.39, 0.29) is 0 Å². The first-order valence-corrected chi connectivity index (χ1v) is 7.93. The number of rotatable bonds is 1. The van der Waals surface area contributed by atoms with Crippen LogP contribution in [0.1, 0.15) is 53.4 Å². The van der Waals surface area contributed by atoms with Gasteiger partial charge in [0.15, 0.2) is 5.17 Å². The van der Waals surface area contributed by atoms with Crippen LogP contribution < -0.4 is 5.32 Å². The first-order chi connectivity index (χ1) is 8.04. The van der Waals surface area contributed by atoms with E-state index >= 15 is 0 Å². The van der Waals surface area contributed by atoms with E-state index in [1.54, 1.807) is 0 Å². The SMILES string of the molecule is CC1CCC(N=C2NC(C)CC(C)S2)C(C)C1. The molecule has 1 saturated heterocycles. The average Bonchev–Trinajstić information content (AvgIpc) is 2.21. The highest BCUT2D eigenvalue weighted by atomic mass is 32.2. The zero-order valence-corrected chi connectivity index (χ0v) is 12.4. The van der Waals surface area contributed by atoms with Crippen molar-refractivity contribution >= 4 is 16.9 Å². The van der Waals surface area contributed by atoms with Crippen molar-refractivity contribution in [3.63, 3.8) is 0 Å². The fraction of sp³-hybridized carbons (Fsp3) is 0.929. The van der Waals surface area contributed by atoms with Crippen LogP contribution in [0.25, 0.3) is 0 Å². The molecule has 5 unspecified atom stereocenters. The normalized spacial score (nSPS) is 45.6. The Morgan fingerprint density at radius 1 is 1.12 bits per heavy atom. The van der Waals surface area contributed by atoms with Crippen LogP contribution in [0.3, 0.4) is 0 Å². The van der Waals surface area contributed by atoms with Crippen LogP contribution in [0.4, 0.5) is 0 Å². The lowest BCUT2D eigenvalue weighted by atomic mass is 9.80. The minimum absolute atomic E-state index is 0.554. The van der Waals surface area contributed by atoms with Gasteiger partial charge in [-0.2, -0.15) is 0 Å². The summed E-state index contributed by atoms with van der Waals surface area (Å²) in [5.74, 6) is 1.65. The number of hydrogen-bond acceptors (Lipinski definition) is 2. The monoisotopic (exact) mass is 254 g/mol. The summed E-state index contributed by atoms with van der Waals surface area (Å²) in [7, 11) is 0. The lowest BCUT2D eigenvalue weighted by Crippen LogP contribution is -2.39. The third-order valence-electron chi connectivity index (χ3n) is 4.04. The molecule has 2 nitrogen and oxygen atoms in total. The Bertz CT molecular complexity index is 278. The lowest BCUT2D eigenvalue weighted by molar-refractivity contribution is 0.264. The molecule has 1 saturated carbocycles. The molecular formula is C14H26N2S. The quantitative estimate of drug-likeness (QED) is 0.772. The number of thioether (sulfide) groups is 1. The molecule has 0 aromatic rings. The van der Waals surface area contributed by atoms with Crippen molar-refractivity contribution in [3.05, 3.63) is 0 Å². The maximum atomic E-state index is 4.98. The predicted octanol–water partition coefficient (Wildman–Crippen LogP) is 3.67. The van der Waals surface area contributed by atoms with E-state index in [0.29, 0.717) is 17.3 Å². The molecule has 0 aromatic heterocycles. The minimum atomic E-state index is 0.554. The Morgan fingerprint density at radius 3 is 2.53 bits per heavy atom. The molecule has 2 aliphatic rings. The van der Waals surface area contributed by atoms with Gasteiger partial charge in [-0.3, -0.25) is 4.99 Å². The summed E-state index contributed by atoms with van der Waals surface area (Å²) in [4.78, 5) is 4.98. The zero-order chi connectivity index (χ0) is 12.4. The molecule has 1 heterocycles. The largest absolute Gasteiger partial charge is 0.362 e. The first-order valence-electron chi connectivity index (χ1n) is 7.05. The van der Waals surface area contributed by atoms with Gasteiger partial charge < -0.3 is 5.32 Å². The molecule has 0 amide bonds. The third-order valence-corrected chi connectivity index (χ3v) is 5.08. The van der Waals surface area contributed by atoms with Crippen molar-refractivity contribution in [1.29, 1.82) is 0 Å². The first kappa shape index (κ1) is 13.3. The van der Waals surface area contributed by atoms with E-state index in [1.807, 2.05) is 11.8 Å². The molecule has 5 atom stereocenters. The Kier molecular flexibility index (Phi) is 4.40. The van der Waals surface area contributed by atoms with Gasteiger partial charge in [0.05, 0.1) is 6.04 Å². The van der Waals surface area contributed by atoms with Gasteiger partial charge in [-0.1, -0.05) is 32.5 Å². The number of nitrogens with one attached hydrogen (secondary N) is 1. The van der Waals surface area contributed by atoms with Crippen LogP contribution >= 0.6 is 11.8 Å². The number of hydrogen-bond donors (Lipinski definition) is 1. The molecule has 0 radical (unpaired) electrons. The molecule has 98 valence electrons. The van der Waals surface area contributed by atoms with Gasteiger partial charge in [0.2, 0.25) is 0 Å². The average molecular weight is 254 g/mol. The van der Waals surface area contributed by atoms with Crippen LogP contribution in [0.5, 0.6) is 0 Å². The van der Waals surface area contributed by atoms with E-state index in [4.69, 9.17) is 4.99 Å². The summed E-state index contributed by atoms with van der Waals surface area (Å²) < 4.78 is 0. The Morgan fingerprint density at radius 2 is 1.88 bits per heavy atom. The Balaban J connectivity index is 1.98. The van der Waals surface area contributed by atoms with Crippen molar-refractivity contribution in [1.82, 2.24) is 5.32 Å². The van der Waals surface area contributed by atoms with Gasteiger partial charge in [-0.15, -0.1) is 0 Å². The van der Waals surface area contributed by atoms with Crippen LogP contribution in [-0.4, -0.2) is 22.5 Å². The van der Waals surface area contributed by atoms with E-state index in [9.17, 15) is 0 Å². The second-order valence-corrected chi connectivity index (χ2v) is 7.53. The summed E-state index contributed by atoms with van der Waals surface area (Å²) >= 11 is 1.93. The predicted molar refractivity (Wildman–Crippen MR) is 77.7 cm³/mol. The summed E-state index contributed by atoms with van der Waals surface area (Å²) in [5, 5.41) is 5.45. The molecule has 3 heteroatoms. The second kappa shape index (κ2) is 5.64. The second-order valence-electron chi connectivity index (χ2n) is 6.11. The standard InChI is InChI=1S/C14H26N2S/c1-9-5-6-13(10(2)7-9)16-14-15-11(3)8-12(4)17-14/h9-13H,5-8H2,1-4H3,(H,15,16). The minimum Gasteiger partial charge on any atom is -0.362 e. The van der Waals surface area contributed by atoms with E-state index in [1.165, 1.54) is 30.9 Å². The van der Waals surface area contributed by atoms with Crippen molar-refractivity contribution in [2.45, 2.75) is 70.7 Å². The maximum Gasteiger partial charge on any atom is 0.157 e. The zero-order valence-electron chi connectivity index (χ0n) is 11.6. The van der Waals surface area contributed by atoms with E-state index in [2.05, 4.69) is 33.0 Å². The summed E-state index contributed by atoms with van der Waals surface area (Å²) in [6, 6.07) is 1.14. The molecule has 1 aliphatic carbocycles. The van der Waals surface area contributed by atoms with E-state index in [0.717, 1.165) is 11.8 Å². The van der Waals surface area contributed by atoms with Crippen molar-refractivity contribution in [2.75, 3.05) is 0 Å². The molecule has 1 aliphatic heterocycles. The lowest BCUT2D eigenvalue weighted by Gasteiger charge is -2.33. The number of aliphatic imine (C=N–C) groups is 1. The molecule has 0 spiro atoms. The van der Waals surface area contributed by atoms with Gasteiger partial charge in [-0.05, 0) is 44.4 Å². The fourth-order valence-corrected chi connectivity index (χ4v) is 4.33. The molecule has 2 rings (SSSR count). The van der Waals surface area contributed by atoms with Gasteiger partial charge in [0.25, 0.3) is 0 Å². The molecule has 0 aromatic carbocycles. The van der Waals surface area contributed by atoms with Crippen LogP contribution in [0.15, 0.2) is 4.99 Å². The smallest absolute Gasteiger partial charge is 0.157 e. The van der Waals surface area contributed by atoms with E-state index < -0.39 is 0 Å². The van der Waals surface area contributed by atoms with Gasteiger partial charge >= 0.3 is 0 Å². The van der Waals surface area contributed by atoms with Crippen LogP contribution in [0, 0.1) is 11.8 Å². The van der Waals surface area contributed by atoms with Crippen LogP contribution in [0.2, 0.25) is 0 Å². The molecule has 0 bridgehead atoms. The number of nitrogens with zero attached hydrogens (tertiary/aromatic N) is 1. The summed E-state index contributed by atoms with van der Waals surface area (Å²) in [5.41, 5.74) is 0. The topological polar surface area (TPSA) is 24.4 Å².